The van der Waals surface area contributed by atoms with E-state index in [1.165, 1.54) is 19.1 Å². The van der Waals surface area contributed by atoms with Crippen molar-refractivity contribution in [3.05, 3.63) is 35.4 Å². The van der Waals surface area contributed by atoms with Gasteiger partial charge in [-0.25, -0.2) is 4.79 Å². The highest BCUT2D eigenvalue weighted by molar-refractivity contribution is 6.22. The van der Waals surface area contributed by atoms with Crippen molar-refractivity contribution in [3.63, 3.8) is 0 Å². The maximum Gasteiger partial charge on any atom is 0.326 e. The van der Waals surface area contributed by atoms with Crippen LogP contribution in [0.3, 0.4) is 0 Å². The molecule has 0 radical (unpaired) electrons. The minimum Gasteiger partial charge on any atom is -0.480 e. The Balaban J connectivity index is 0.00000144. The Labute approximate surface area is 103 Å². The number of nitrogens with zero attached hydrogens (tertiary/aromatic N) is 1. The molecule has 0 spiro atoms. The molecule has 1 aromatic carbocycles. The molecule has 6 heteroatoms. The lowest BCUT2D eigenvalue weighted by Crippen LogP contribution is -2.42. The van der Waals surface area contributed by atoms with E-state index in [1.54, 1.807) is 12.1 Å². The van der Waals surface area contributed by atoms with E-state index >= 15 is 0 Å². The lowest BCUT2D eigenvalue weighted by molar-refractivity contribution is -0.140. The Morgan fingerprint density at radius 1 is 1.18 bits per heavy atom. The summed E-state index contributed by atoms with van der Waals surface area (Å²) in [5.41, 5.74) is 0.529. The number of carboxylic acids is 1. The van der Waals surface area contributed by atoms with Crippen molar-refractivity contribution < 1.29 is 19.5 Å². The lowest BCUT2D eigenvalue weighted by Gasteiger charge is -2.17. The molecular formula is C11H10ClNO4. The molecule has 1 aliphatic rings. The highest BCUT2D eigenvalue weighted by Crippen LogP contribution is 2.24. The molecule has 5 nitrogen and oxygen atoms in total. The summed E-state index contributed by atoms with van der Waals surface area (Å²) in [6.07, 6.45) is 0. The average molecular weight is 256 g/mol. The zero-order valence-corrected chi connectivity index (χ0v) is 9.73. The molecule has 1 aromatic rings. The van der Waals surface area contributed by atoms with E-state index in [1.807, 2.05) is 0 Å². The second-order valence-electron chi connectivity index (χ2n) is 3.54. The summed E-state index contributed by atoms with van der Waals surface area (Å²) in [5.74, 6) is -2.29. The fourth-order valence-corrected chi connectivity index (χ4v) is 1.67. The van der Waals surface area contributed by atoms with E-state index < -0.39 is 23.8 Å². The van der Waals surface area contributed by atoms with Gasteiger partial charge in [-0.05, 0) is 19.1 Å². The molecule has 1 unspecified atom stereocenters. The molecule has 0 saturated heterocycles. The summed E-state index contributed by atoms with van der Waals surface area (Å²) in [6, 6.07) is 5.17. The smallest absolute Gasteiger partial charge is 0.326 e. The van der Waals surface area contributed by atoms with Crippen molar-refractivity contribution in [2.45, 2.75) is 13.0 Å². The van der Waals surface area contributed by atoms with E-state index in [2.05, 4.69) is 0 Å². The first-order chi connectivity index (χ1) is 7.54. The van der Waals surface area contributed by atoms with Crippen LogP contribution in [0, 0.1) is 0 Å². The molecular weight excluding hydrogens is 246 g/mol. The Hall–Kier alpha value is -1.88. The quantitative estimate of drug-likeness (QED) is 0.805. The molecule has 0 aromatic heterocycles. The maximum absolute atomic E-state index is 11.8. The molecule has 1 N–H and O–H groups in total. The fraction of sp³-hybridized carbons (Fsp3) is 0.182. The SMILES string of the molecule is CC(C(=O)O)N1C(=O)c2ccccc2C1=O.Cl. The first kappa shape index (κ1) is 13.2. The fourth-order valence-electron chi connectivity index (χ4n) is 1.67. The number of halogens is 1. The monoisotopic (exact) mass is 255 g/mol. The predicted octanol–water partition coefficient (Wildman–Crippen LogP) is 1.18. The molecule has 2 amide bonds. The van der Waals surface area contributed by atoms with Crippen LogP contribution in [0.1, 0.15) is 27.6 Å². The number of carbonyl (C=O) groups excluding carboxylic acids is 2. The normalized spacial score (nSPS) is 15.2. The number of hydrogen-bond acceptors (Lipinski definition) is 3. The van der Waals surface area contributed by atoms with Gasteiger partial charge in [0.05, 0.1) is 11.1 Å². The number of carboxylic acid groups (broad SMARTS) is 1. The van der Waals surface area contributed by atoms with Gasteiger partial charge in [0, 0.05) is 0 Å². The molecule has 1 atom stereocenters. The molecule has 90 valence electrons. The van der Waals surface area contributed by atoms with Crippen molar-refractivity contribution in [2.75, 3.05) is 0 Å². The molecule has 1 aliphatic heterocycles. The second-order valence-corrected chi connectivity index (χ2v) is 3.54. The Morgan fingerprint density at radius 2 is 1.59 bits per heavy atom. The lowest BCUT2D eigenvalue weighted by atomic mass is 10.1. The van der Waals surface area contributed by atoms with Gasteiger partial charge >= 0.3 is 5.97 Å². The molecule has 0 fully saturated rings. The van der Waals surface area contributed by atoms with Crippen molar-refractivity contribution in [1.82, 2.24) is 4.90 Å². The van der Waals surface area contributed by atoms with E-state index in [0.717, 1.165) is 4.90 Å². The van der Waals surface area contributed by atoms with Crippen LogP contribution in [-0.4, -0.2) is 33.8 Å². The van der Waals surface area contributed by atoms with Gasteiger partial charge in [-0.15, -0.1) is 12.4 Å². The summed E-state index contributed by atoms with van der Waals surface area (Å²) < 4.78 is 0. The van der Waals surface area contributed by atoms with Gasteiger partial charge in [-0.3, -0.25) is 14.5 Å². The zero-order chi connectivity index (χ0) is 11.9. The average Bonchev–Trinajstić information content (AvgIpc) is 2.52. The molecule has 1 heterocycles. The maximum atomic E-state index is 11.8. The first-order valence-corrected chi connectivity index (χ1v) is 4.73. The number of fused-ring (bicyclic) bond motifs is 1. The summed E-state index contributed by atoms with van der Waals surface area (Å²) in [4.78, 5) is 35.1. The van der Waals surface area contributed by atoms with Gasteiger partial charge in [0.25, 0.3) is 11.8 Å². The molecule has 0 saturated carbocycles. The first-order valence-electron chi connectivity index (χ1n) is 4.73. The van der Waals surface area contributed by atoms with Gasteiger partial charge in [0.15, 0.2) is 0 Å². The highest BCUT2D eigenvalue weighted by Gasteiger charge is 2.40. The third-order valence-corrected chi connectivity index (χ3v) is 2.57. The van der Waals surface area contributed by atoms with E-state index in [0.29, 0.717) is 0 Å². The third kappa shape index (κ3) is 1.89. The van der Waals surface area contributed by atoms with Crippen LogP contribution in [0.5, 0.6) is 0 Å². The Bertz CT molecular complexity index is 465. The van der Waals surface area contributed by atoms with Gasteiger partial charge < -0.3 is 5.11 Å². The molecule has 2 rings (SSSR count). The number of amides is 2. The minimum atomic E-state index is -1.20. The number of rotatable bonds is 2. The van der Waals surface area contributed by atoms with Crippen LogP contribution >= 0.6 is 12.4 Å². The van der Waals surface area contributed by atoms with E-state index in [-0.39, 0.29) is 23.5 Å². The third-order valence-electron chi connectivity index (χ3n) is 2.57. The summed E-state index contributed by atoms with van der Waals surface area (Å²) in [7, 11) is 0. The Kier molecular flexibility index (Phi) is 3.53. The van der Waals surface area contributed by atoms with Crippen molar-refractivity contribution in [1.29, 1.82) is 0 Å². The Morgan fingerprint density at radius 3 is 1.94 bits per heavy atom. The largest absolute Gasteiger partial charge is 0.480 e. The van der Waals surface area contributed by atoms with Crippen LogP contribution in [0.2, 0.25) is 0 Å². The summed E-state index contributed by atoms with van der Waals surface area (Å²) >= 11 is 0. The zero-order valence-electron chi connectivity index (χ0n) is 8.91. The second kappa shape index (κ2) is 4.55. The van der Waals surface area contributed by atoms with Crippen LogP contribution < -0.4 is 0 Å². The number of benzene rings is 1. The number of aliphatic carboxylic acids is 1. The van der Waals surface area contributed by atoms with E-state index in [4.69, 9.17) is 5.11 Å². The van der Waals surface area contributed by atoms with Gasteiger partial charge in [-0.1, -0.05) is 12.1 Å². The predicted molar refractivity (Wildman–Crippen MR) is 61.3 cm³/mol. The van der Waals surface area contributed by atoms with Crippen LogP contribution in [-0.2, 0) is 4.79 Å². The van der Waals surface area contributed by atoms with Crippen molar-refractivity contribution in [3.8, 4) is 0 Å². The van der Waals surface area contributed by atoms with Gasteiger partial charge in [0.2, 0.25) is 0 Å². The van der Waals surface area contributed by atoms with Crippen LogP contribution in [0.25, 0.3) is 0 Å². The van der Waals surface area contributed by atoms with Gasteiger partial charge in [-0.2, -0.15) is 0 Å². The summed E-state index contributed by atoms with van der Waals surface area (Å²) in [6.45, 7) is 1.31. The van der Waals surface area contributed by atoms with Gasteiger partial charge in [0.1, 0.15) is 6.04 Å². The summed E-state index contributed by atoms with van der Waals surface area (Å²) in [5, 5.41) is 8.81. The number of carbonyl (C=O) groups is 3. The van der Waals surface area contributed by atoms with Crippen LogP contribution in [0.15, 0.2) is 24.3 Å². The number of hydrogen-bond donors (Lipinski definition) is 1. The standard InChI is InChI=1S/C11H9NO4.ClH/c1-6(11(15)16)12-9(13)7-4-2-3-5-8(7)10(12)14;/h2-6H,1H3,(H,15,16);1H. The van der Waals surface area contributed by atoms with E-state index in [9.17, 15) is 14.4 Å². The molecule has 0 bridgehead atoms. The number of imide groups is 1. The van der Waals surface area contributed by atoms with Crippen molar-refractivity contribution >= 4 is 30.2 Å². The highest BCUT2D eigenvalue weighted by atomic mass is 35.5. The molecule has 17 heavy (non-hydrogen) atoms. The topological polar surface area (TPSA) is 74.7 Å². The molecule has 0 aliphatic carbocycles. The van der Waals surface area contributed by atoms with Crippen LogP contribution in [0.4, 0.5) is 0 Å². The van der Waals surface area contributed by atoms with Crippen molar-refractivity contribution in [2.24, 2.45) is 0 Å². The minimum absolute atomic E-state index is 0.